The van der Waals surface area contributed by atoms with E-state index in [1.165, 1.54) is 0 Å². The molecular weight excluding hydrogens is 368 g/mol. The van der Waals surface area contributed by atoms with Crippen LogP contribution in [0.5, 0.6) is 0 Å². The SMILES string of the molecule is COCCNCCNS(=O)(=O)c1ccc(C)cc1Br.Cl. The molecule has 0 aromatic heterocycles. The van der Waals surface area contributed by atoms with Crippen molar-refractivity contribution in [2.45, 2.75) is 11.8 Å². The van der Waals surface area contributed by atoms with Crippen LogP contribution in [-0.2, 0) is 14.8 Å². The number of rotatable bonds is 8. The lowest BCUT2D eigenvalue weighted by atomic mass is 10.2. The summed E-state index contributed by atoms with van der Waals surface area (Å²) in [5, 5.41) is 3.07. The summed E-state index contributed by atoms with van der Waals surface area (Å²) in [5.41, 5.74) is 1.01. The van der Waals surface area contributed by atoms with Crippen molar-refractivity contribution in [1.82, 2.24) is 10.0 Å². The van der Waals surface area contributed by atoms with E-state index in [0.717, 1.165) is 5.56 Å². The molecule has 5 nitrogen and oxygen atoms in total. The number of benzene rings is 1. The van der Waals surface area contributed by atoms with Crippen molar-refractivity contribution in [1.29, 1.82) is 0 Å². The summed E-state index contributed by atoms with van der Waals surface area (Å²) in [5.74, 6) is 0. The second kappa shape index (κ2) is 9.70. The van der Waals surface area contributed by atoms with E-state index in [1.54, 1.807) is 25.3 Å². The van der Waals surface area contributed by atoms with E-state index >= 15 is 0 Å². The van der Waals surface area contributed by atoms with Gasteiger partial charge in [0.25, 0.3) is 0 Å². The third-order valence-corrected chi connectivity index (χ3v) is 4.89. The average Bonchev–Trinajstić information content (AvgIpc) is 2.33. The van der Waals surface area contributed by atoms with Crippen LogP contribution in [0.3, 0.4) is 0 Å². The van der Waals surface area contributed by atoms with Gasteiger partial charge in [-0.15, -0.1) is 12.4 Å². The molecule has 20 heavy (non-hydrogen) atoms. The summed E-state index contributed by atoms with van der Waals surface area (Å²) in [7, 11) is -1.84. The molecule has 0 amide bonds. The van der Waals surface area contributed by atoms with Crippen molar-refractivity contribution < 1.29 is 13.2 Å². The third kappa shape index (κ3) is 6.51. The van der Waals surface area contributed by atoms with Gasteiger partial charge >= 0.3 is 0 Å². The van der Waals surface area contributed by atoms with Crippen molar-refractivity contribution >= 4 is 38.4 Å². The van der Waals surface area contributed by atoms with Crippen LogP contribution < -0.4 is 10.0 Å². The highest BCUT2D eigenvalue weighted by molar-refractivity contribution is 9.10. The Kier molecular flexibility index (Phi) is 9.61. The molecule has 0 spiro atoms. The Hall–Kier alpha value is -0.180. The summed E-state index contributed by atoms with van der Waals surface area (Å²) in [4.78, 5) is 0.259. The van der Waals surface area contributed by atoms with Crippen LogP contribution in [0.1, 0.15) is 5.56 Å². The molecule has 1 aromatic rings. The minimum Gasteiger partial charge on any atom is -0.383 e. The van der Waals surface area contributed by atoms with Gasteiger partial charge in [-0.25, -0.2) is 13.1 Å². The maximum atomic E-state index is 12.1. The first-order chi connectivity index (χ1) is 8.97. The summed E-state index contributed by atoms with van der Waals surface area (Å²) < 4.78 is 32.1. The van der Waals surface area contributed by atoms with Gasteiger partial charge in [-0.2, -0.15) is 0 Å². The minimum absolute atomic E-state index is 0. The molecular formula is C12H20BrClN2O3S. The molecule has 0 bridgehead atoms. The number of ether oxygens (including phenoxy) is 1. The van der Waals surface area contributed by atoms with Gasteiger partial charge in [-0.1, -0.05) is 6.07 Å². The van der Waals surface area contributed by atoms with Crippen molar-refractivity contribution in [2.24, 2.45) is 0 Å². The number of methoxy groups -OCH3 is 1. The standard InChI is InChI=1S/C12H19BrN2O3S.ClH/c1-10-3-4-12(11(13)9-10)19(16,17)15-6-5-14-7-8-18-2;/h3-4,9,14-15H,5-8H2,1-2H3;1H. The average molecular weight is 388 g/mol. The smallest absolute Gasteiger partial charge is 0.241 e. The molecule has 2 N–H and O–H groups in total. The van der Waals surface area contributed by atoms with Gasteiger partial charge < -0.3 is 10.1 Å². The van der Waals surface area contributed by atoms with E-state index < -0.39 is 10.0 Å². The summed E-state index contributed by atoms with van der Waals surface area (Å²) in [6, 6.07) is 5.15. The number of hydrogen-bond donors (Lipinski definition) is 2. The van der Waals surface area contributed by atoms with Crippen LogP contribution in [-0.4, -0.2) is 41.8 Å². The largest absolute Gasteiger partial charge is 0.383 e. The van der Waals surface area contributed by atoms with Gasteiger partial charge in [0.1, 0.15) is 0 Å². The number of halogens is 2. The van der Waals surface area contributed by atoms with Gasteiger partial charge in [0, 0.05) is 31.2 Å². The first-order valence-corrected chi connectivity index (χ1v) is 8.20. The molecule has 0 aliphatic rings. The highest BCUT2D eigenvalue weighted by Gasteiger charge is 2.16. The normalized spacial score (nSPS) is 11.2. The fourth-order valence-electron chi connectivity index (χ4n) is 1.47. The van der Waals surface area contributed by atoms with Crippen LogP contribution in [0.25, 0.3) is 0 Å². The van der Waals surface area contributed by atoms with Crippen molar-refractivity contribution in [2.75, 3.05) is 33.4 Å². The molecule has 0 fully saturated rings. The van der Waals surface area contributed by atoms with E-state index in [0.29, 0.717) is 30.7 Å². The molecule has 0 heterocycles. The molecule has 0 saturated carbocycles. The molecule has 0 aliphatic heterocycles. The fraction of sp³-hybridized carbons (Fsp3) is 0.500. The summed E-state index contributed by atoms with van der Waals surface area (Å²) in [6.45, 7) is 4.12. The number of hydrogen-bond acceptors (Lipinski definition) is 4. The van der Waals surface area contributed by atoms with Gasteiger partial charge in [0.15, 0.2) is 0 Å². The van der Waals surface area contributed by atoms with E-state index in [9.17, 15) is 8.42 Å². The molecule has 0 unspecified atom stereocenters. The zero-order valence-corrected chi connectivity index (χ0v) is 14.7. The molecule has 1 rings (SSSR count). The Morgan fingerprint density at radius 1 is 1.25 bits per heavy atom. The molecule has 0 radical (unpaired) electrons. The fourth-order valence-corrected chi connectivity index (χ4v) is 3.70. The monoisotopic (exact) mass is 386 g/mol. The molecule has 0 aliphatic carbocycles. The quantitative estimate of drug-likeness (QED) is 0.666. The Balaban J connectivity index is 0.00000361. The van der Waals surface area contributed by atoms with E-state index in [4.69, 9.17) is 4.74 Å². The maximum absolute atomic E-state index is 12.1. The lowest BCUT2D eigenvalue weighted by molar-refractivity contribution is 0.199. The van der Waals surface area contributed by atoms with Crippen molar-refractivity contribution in [3.63, 3.8) is 0 Å². The van der Waals surface area contributed by atoms with E-state index in [1.807, 2.05) is 6.92 Å². The summed E-state index contributed by atoms with van der Waals surface area (Å²) in [6.07, 6.45) is 0. The predicted octanol–water partition coefficient (Wildman–Crippen LogP) is 1.69. The van der Waals surface area contributed by atoms with Gasteiger partial charge in [0.05, 0.1) is 11.5 Å². The van der Waals surface area contributed by atoms with Gasteiger partial charge in [0.2, 0.25) is 10.0 Å². The molecule has 0 saturated heterocycles. The topological polar surface area (TPSA) is 67.4 Å². The Labute approximate surface area is 135 Å². The lowest BCUT2D eigenvalue weighted by Gasteiger charge is -2.09. The maximum Gasteiger partial charge on any atom is 0.241 e. The number of sulfonamides is 1. The van der Waals surface area contributed by atoms with Crippen LogP contribution in [0, 0.1) is 6.92 Å². The molecule has 116 valence electrons. The van der Waals surface area contributed by atoms with Crippen molar-refractivity contribution in [3.05, 3.63) is 28.2 Å². The lowest BCUT2D eigenvalue weighted by Crippen LogP contribution is -2.33. The van der Waals surface area contributed by atoms with Crippen LogP contribution >= 0.6 is 28.3 Å². The number of nitrogens with one attached hydrogen (secondary N) is 2. The molecule has 8 heteroatoms. The molecule has 0 atom stereocenters. The van der Waals surface area contributed by atoms with Crippen LogP contribution in [0.15, 0.2) is 27.6 Å². The Morgan fingerprint density at radius 2 is 1.95 bits per heavy atom. The zero-order valence-electron chi connectivity index (χ0n) is 11.5. The van der Waals surface area contributed by atoms with Crippen LogP contribution in [0.2, 0.25) is 0 Å². The second-order valence-corrected chi connectivity index (χ2v) is 6.66. The Morgan fingerprint density at radius 3 is 2.55 bits per heavy atom. The predicted molar refractivity (Wildman–Crippen MR) is 86.1 cm³/mol. The molecule has 1 aromatic carbocycles. The summed E-state index contributed by atoms with van der Waals surface area (Å²) >= 11 is 3.27. The van der Waals surface area contributed by atoms with Crippen LogP contribution in [0.4, 0.5) is 0 Å². The highest BCUT2D eigenvalue weighted by Crippen LogP contribution is 2.22. The van der Waals surface area contributed by atoms with Crippen molar-refractivity contribution in [3.8, 4) is 0 Å². The third-order valence-electron chi connectivity index (χ3n) is 2.45. The van der Waals surface area contributed by atoms with E-state index in [2.05, 4.69) is 26.0 Å². The van der Waals surface area contributed by atoms with Gasteiger partial charge in [-0.3, -0.25) is 0 Å². The first-order valence-electron chi connectivity index (χ1n) is 5.93. The first kappa shape index (κ1) is 19.8. The Bertz CT molecular complexity index is 511. The van der Waals surface area contributed by atoms with E-state index in [-0.39, 0.29) is 17.3 Å². The highest BCUT2D eigenvalue weighted by atomic mass is 79.9. The minimum atomic E-state index is -3.47. The number of aryl methyl sites for hydroxylation is 1. The van der Waals surface area contributed by atoms with Gasteiger partial charge in [-0.05, 0) is 40.5 Å². The zero-order chi connectivity index (χ0) is 14.3. The second-order valence-electron chi connectivity index (χ2n) is 4.07.